The maximum Gasteiger partial charge on any atom is 0.126 e. The third-order valence-corrected chi connectivity index (χ3v) is 3.44. The molecule has 0 aliphatic carbocycles. The number of benzene rings is 2. The molecule has 3 nitrogen and oxygen atoms in total. The van der Waals surface area contributed by atoms with Gasteiger partial charge in [-0.25, -0.2) is 8.78 Å². The molecule has 0 fully saturated rings. The molecule has 0 saturated carbocycles. The number of nitrogens with two attached hydrogens (primary N) is 1. The lowest BCUT2D eigenvalue weighted by atomic mass is 9.98. The largest absolute Gasteiger partial charge is 0.378 e. The molecule has 112 valence electrons. The van der Waals surface area contributed by atoms with E-state index in [-0.39, 0.29) is 12.5 Å². The van der Waals surface area contributed by atoms with Gasteiger partial charge in [-0.05, 0) is 47.9 Å². The first kappa shape index (κ1) is 15.4. The van der Waals surface area contributed by atoms with Crippen molar-refractivity contribution in [1.82, 2.24) is 5.43 Å². The van der Waals surface area contributed by atoms with Gasteiger partial charge in [-0.15, -0.1) is 0 Å². The van der Waals surface area contributed by atoms with Crippen LogP contribution in [0.3, 0.4) is 0 Å². The molecule has 0 radical (unpaired) electrons. The van der Waals surface area contributed by atoms with Crippen LogP contribution in [0.25, 0.3) is 0 Å². The molecule has 0 aliphatic rings. The maximum atomic E-state index is 13.7. The zero-order valence-corrected chi connectivity index (χ0v) is 12.1. The zero-order chi connectivity index (χ0) is 15.4. The van der Waals surface area contributed by atoms with Crippen LogP contribution in [0.4, 0.5) is 14.5 Å². The van der Waals surface area contributed by atoms with Gasteiger partial charge in [0.2, 0.25) is 0 Å². The molecule has 0 heterocycles. The first-order chi connectivity index (χ1) is 10.0. The van der Waals surface area contributed by atoms with Crippen LogP contribution in [0, 0.1) is 11.6 Å². The minimum Gasteiger partial charge on any atom is -0.378 e. The van der Waals surface area contributed by atoms with Crippen LogP contribution in [0.15, 0.2) is 42.5 Å². The van der Waals surface area contributed by atoms with Crippen molar-refractivity contribution in [2.45, 2.75) is 12.5 Å². The monoisotopic (exact) mass is 291 g/mol. The molecule has 1 unspecified atom stereocenters. The van der Waals surface area contributed by atoms with Gasteiger partial charge in [0.05, 0.1) is 6.04 Å². The van der Waals surface area contributed by atoms with E-state index in [1.807, 2.05) is 43.3 Å². The highest BCUT2D eigenvalue weighted by Crippen LogP contribution is 2.22. The second kappa shape index (κ2) is 6.65. The molecular weight excluding hydrogens is 272 g/mol. The summed E-state index contributed by atoms with van der Waals surface area (Å²) in [5.74, 6) is 4.68. The van der Waals surface area contributed by atoms with Crippen molar-refractivity contribution >= 4 is 5.69 Å². The second-order valence-electron chi connectivity index (χ2n) is 5.15. The average molecular weight is 291 g/mol. The van der Waals surface area contributed by atoms with Gasteiger partial charge < -0.3 is 4.90 Å². The van der Waals surface area contributed by atoms with Crippen molar-refractivity contribution in [3.8, 4) is 0 Å². The van der Waals surface area contributed by atoms with Crippen molar-refractivity contribution < 1.29 is 8.78 Å². The molecule has 0 saturated heterocycles. The molecule has 2 aromatic rings. The molecule has 2 rings (SSSR count). The van der Waals surface area contributed by atoms with Crippen molar-refractivity contribution in [1.29, 1.82) is 0 Å². The van der Waals surface area contributed by atoms with E-state index >= 15 is 0 Å². The first-order valence-corrected chi connectivity index (χ1v) is 6.68. The van der Waals surface area contributed by atoms with Crippen LogP contribution in [0.5, 0.6) is 0 Å². The van der Waals surface area contributed by atoms with Crippen molar-refractivity contribution in [3.05, 3.63) is 65.2 Å². The van der Waals surface area contributed by atoms with Crippen LogP contribution < -0.4 is 16.2 Å². The van der Waals surface area contributed by atoms with Gasteiger partial charge in [0.15, 0.2) is 0 Å². The Balaban J connectivity index is 2.21. The van der Waals surface area contributed by atoms with Crippen LogP contribution in [0.2, 0.25) is 0 Å². The SMILES string of the molecule is CN(C)c1ccc(C(Cc2cc(F)ccc2F)NN)cc1. The summed E-state index contributed by atoms with van der Waals surface area (Å²) in [6.45, 7) is 0. The molecule has 0 aromatic heterocycles. The Bertz CT molecular complexity index is 597. The molecule has 2 aromatic carbocycles. The zero-order valence-electron chi connectivity index (χ0n) is 12.1. The number of hydrazine groups is 1. The van der Waals surface area contributed by atoms with E-state index in [1.54, 1.807) is 0 Å². The average Bonchev–Trinajstić information content (AvgIpc) is 2.48. The van der Waals surface area contributed by atoms with Crippen LogP contribution in [0.1, 0.15) is 17.2 Å². The standard InChI is InChI=1S/C16H19F2N3/c1-21(2)14-6-3-11(4-7-14)16(20-19)10-12-9-13(17)5-8-15(12)18/h3-9,16,20H,10,19H2,1-2H3. The Morgan fingerprint density at radius 3 is 2.33 bits per heavy atom. The highest BCUT2D eigenvalue weighted by Gasteiger charge is 2.14. The minimum atomic E-state index is -0.454. The molecule has 0 spiro atoms. The molecule has 21 heavy (non-hydrogen) atoms. The van der Waals surface area contributed by atoms with Gasteiger partial charge in [0.1, 0.15) is 11.6 Å². The lowest BCUT2D eigenvalue weighted by Crippen LogP contribution is -2.29. The van der Waals surface area contributed by atoms with Crippen LogP contribution >= 0.6 is 0 Å². The van der Waals surface area contributed by atoms with Gasteiger partial charge >= 0.3 is 0 Å². The molecule has 1 atom stereocenters. The normalized spacial score (nSPS) is 12.2. The number of halogens is 2. The number of nitrogens with zero attached hydrogens (tertiary/aromatic N) is 1. The molecule has 0 amide bonds. The van der Waals surface area contributed by atoms with E-state index in [0.29, 0.717) is 5.56 Å². The summed E-state index contributed by atoms with van der Waals surface area (Å²) in [5.41, 5.74) is 4.94. The van der Waals surface area contributed by atoms with Crippen molar-refractivity contribution in [2.75, 3.05) is 19.0 Å². The first-order valence-electron chi connectivity index (χ1n) is 6.68. The smallest absolute Gasteiger partial charge is 0.126 e. The number of hydrogen-bond donors (Lipinski definition) is 2. The second-order valence-corrected chi connectivity index (χ2v) is 5.15. The Labute approximate surface area is 123 Å². The Morgan fingerprint density at radius 1 is 1.10 bits per heavy atom. The lowest BCUT2D eigenvalue weighted by Gasteiger charge is -2.19. The predicted octanol–water partition coefficient (Wildman–Crippen LogP) is 2.78. The Kier molecular flexibility index (Phi) is 4.88. The number of nitrogens with one attached hydrogen (secondary N) is 1. The third kappa shape index (κ3) is 3.77. The fourth-order valence-electron chi connectivity index (χ4n) is 2.20. The molecule has 0 aliphatic heterocycles. The summed E-state index contributed by atoms with van der Waals surface area (Å²) in [7, 11) is 3.91. The van der Waals surface area contributed by atoms with Crippen molar-refractivity contribution in [3.63, 3.8) is 0 Å². The van der Waals surface area contributed by atoms with E-state index in [1.165, 1.54) is 6.07 Å². The summed E-state index contributed by atoms with van der Waals surface area (Å²) in [5, 5.41) is 0. The molecule has 5 heteroatoms. The fourth-order valence-corrected chi connectivity index (χ4v) is 2.20. The van der Waals surface area contributed by atoms with Crippen LogP contribution in [-0.4, -0.2) is 14.1 Å². The molecule has 3 N–H and O–H groups in total. The summed E-state index contributed by atoms with van der Waals surface area (Å²) < 4.78 is 26.9. The predicted molar refractivity (Wildman–Crippen MR) is 80.9 cm³/mol. The molecular formula is C16H19F2N3. The maximum absolute atomic E-state index is 13.7. The lowest BCUT2D eigenvalue weighted by molar-refractivity contribution is 0.523. The van der Waals surface area contributed by atoms with Gasteiger partial charge in [0, 0.05) is 19.8 Å². The quantitative estimate of drug-likeness (QED) is 0.657. The summed E-state index contributed by atoms with van der Waals surface area (Å²) in [4.78, 5) is 1.99. The number of hydrogen-bond acceptors (Lipinski definition) is 3. The van der Waals surface area contributed by atoms with E-state index in [2.05, 4.69) is 5.43 Å². The third-order valence-electron chi connectivity index (χ3n) is 3.44. The van der Waals surface area contributed by atoms with Gasteiger partial charge in [-0.2, -0.15) is 0 Å². The highest BCUT2D eigenvalue weighted by atomic mass is 19.1. The highest BCUT2D eigenvalue weighted by molar-refractivity contribution is 5.46. The van der Waals surface area contributed by atoms with Crippen LogP contribution in [-0.2, 0) is 6.42 Å². The summed E-state index contributed by atoms with van der Waals surface area (Å²) in [6, 6.07) is 10.9. The van der Waals surface area contributed by atoms with E-state index in [4.69, 9.17) is 5.84 Å². The van der Waals surface area contributed by atoms with E-state index in [0.717, 1.165) is 23.4 Å². The fraction of sp³-hybridized carbons (Fsp3) is 0.250. The topological polar surface area (TPSA) is 41.3 Å². The minimum absolute atomic E-state index is 0.279. The summed E-state index contributed by atoms with van der Waals surface area (Å²) in [6.07, 6.45) is 0.279. The number of rotatable bonds is 5. The molecule has 0 bridgehead atoms. The Hall–Kier alpha value is -1.98. The summed E-state index contributed by atoms with van der Waals surface area (Å²) >= 11 is 0. The van der Waals surface area contributed by atoms with Gasteiger partial charge in [-0.3, -0.25) is 11.3 Å². The van der Waals surface area contributed by atoms with E-state index < -0.39 is 11.6 Å². The Morgan fingerprint density at radius 2 is 1.76 bits per heavy atom. The number of anilines is 1. The van der Waals surface area contributed by atoms with Gasteiger partial charge in [-0.1, -0.05) is 12.1 Å². The van der Waals surface area contributed by atoms with E-state index in [9.17, 15) is 8.78 Å². The van der Waals surface area contributed by atoms with Gasteiger partial charge in [0.25, 0.3) is 0 Å². The van der Waals surface area contributed by atoms with Crippen molar-refractivity contribution in [2.24, 2.45) is 5.84 Å².